The number of aliphatic imine (C=N–C) groups is 2. The van der Waals surface area contributed by atoms with E-state index in [1.165, 1.54) is 6.21 Å². The predicted octanol–water partition coefficient (Wildman–Crippen LogP) is 2.31. The van der Waals surface area contributed by atoms with E-state index in [9.17, 15) is 9.59 Å². The fourth-order valence-corrected chi connectivity index (χ4v) is 3.18. The highest BCUT2D eigenvalue weighted by Crippen LogP contribution is 2.36. The van der Waals surface area contributed by atoms with E-state index < -0.39 is 17.3 Å². The molecule has 7 nitrogen and oxygen atoms in total. The van der Waals surface area contributed by atoms with E-state index in [-0.39, 0.29) is 12.0 Å². The van der Waals surface area contributed by atoms with Crippen LogP contribution in [0.1, 0.15) is 27.2 Å². The summed E-state index contributed by atoms with van der Waals surface area (Å²) < 4.78 is 5.40. The number of amides is 3. The molecule has 23 heavy (non-hydrogen) atoms. The number of halogens is 1. The van der Waals surface area contributed by atoms with Gasteiger partial charge in [0.05, 0.1) is 10.7 Å². The van der Waals surface area contributed by atoms with Gasteiger partial charge in [-0.25, -0.2) is 9.59 Å². The van der Waals surface area contributed by atoms with Crippen molar-refractivity contribution in [1.29, 1.82) is 0 Å². The lowest BCUT2D eigenvalue weighted by atomic mass is 9.87. The van der Waals surface area contributed by atoms with Crippen molar-refractivity contribution in [3.63, 3.8) is 0 Å². The van der Waals surface area contributed by atoms with Crippen molar-refractivity contribution in [1.82, 2.24) is 10.2 Å². The van der Waals surface area contributed by atoms with E-state index in [1.807, 2.05) is 20.8 Å². The van der Waals surface area contributed by atoms with Gasteiger partial charge in [-0.3, -0.25) is 4.99 Å². The first-order chi connectivity index (χ1) is 10.7. The molecule has 0 aliphatic carbocycles. The number of hydrogen-bond acceptors (Lipinski definition) is 4. The molecule has 3 heterocycles. The summed E-state index contributed by atoms with van der Waals surface area (Å²) in [6.45, 7) is 6.49. The van der Waals surface area contributed by atoms with Crippen LogP contribution in [-0.4, -0.2) is 53.3 Å². The van der Waals surface area contributed by atoms with Crippen LogP contribution >= 0.6 is 11.6 Å². The molecule has 1 saturated heterocycles. The number of dihydropyridines is 1. The zero-order chi connectivity index (χ0) is 16.8. The lowest BCUT2D eigenvalue weighted by Crippen LogP contribution is -2.54. The first kappa shape index (κ1) is 16.0. The molecular formula is C15H19ClN4O3. The lowest BCUT2D eigenvalue weighted by Gasteiger charge is -2.33. The SMILES string of the molecule is CC(C)(C)OC(=O)N1CC[C@H](C23N=CC(Cl)=CC2=NC(=O)N3)C1. The van der Waals surface area contributed by atoms with Gasteiger partial charge in [0.1, 0.15) is 5.60 Å². The maximum absolute atomic E-state index is 12.2. The van der Waals surface area contributed by atoms with Gasteiger partial charge in [-0.15, -0.1) is 0 Å². The van der Waals surface area contributed by atoms with Gasteiger partial charge in [0.2, 0.25) is 0 Å². The first-order valence-electron chi connectivity index (χ1n) is 7.51. The summed E-state index contributed by atoms with van der Waals surface area (Å²) >= 11 is 5.96. The van der Waals surface area contributed by atoms with Gasteiger partial charge in [-0.1, -0.05) is 11.6 Å². The highest BCUT2D eigenvalue weighted by atomic mass is 35.5. The third kappa shape index (κ3) is 2.97. The second kappa shape index (κ2) is 5.33. The van der Waals surface area contributed by atoms with Crippen LogP contribution < -0.4 is 5.32 Å². The second-order valence-corrected chi connectivity index (χ2v) is 7.33. The quantitative estimate of drug-likeness (QED) is 0.796. The third-order valence-electron chi connectivity index (χ3n) is 4.01. The Hall–Kier alpha value is -1.89. The molecule has 3 rings (SSSR count). The number of rotatable bonds is 1. The van der Waals surface area contributed by atoms with Gasteiger partial charge in [0.25, 0.3) is 0 Å². The summed E-state index contributed by atoms with van der Waals surface area (Å²) in [5.41, 5.74) is -0.960. The molecule has 124 valence electrons. The predicted molar refractivity (Wildman–Crippen MR) is 87.0 cm³/mol. The number of nitrogens with one attached hydrogen (secondary N) is 1. The number of hydrogen-bond donors (Lipinski definition) is 1. The Balaban J connectivity index is 1.77. The van der Waals surface area contributed by atoms with E-state index in [0.29, 0.717) is 30.3 Å². The van der Waals surface area contributed by atoms with Crippen molar-refractivity contribution in [2.75, 3.05) is 13.1 Å². The molecule has 0 aromatic rings. The number of nitrogens with zero attached hydrogens (tertiary/aromatic N) is 3. The van der Waals surface area contributed by atoms with Crippen LogP contribution in [0, 0.1) is 5.92 Å². The molecule has 3 aliphatic heterocycles. The summed E-state index contributed by atoms with van der Waals surface area (Å²) in [6, 6.07) is -0.435. The van der Waals surface area contributed by atoms with Crippen molar-refractivity contribution < 1.29 is 14.3 Å². The smallest absolute Gasteiger partial charge is 0.410 e. The van der Waals surface area contributed by atoms with Gasteiger partial charge < -0.3 is 15.0 Å². The number of ether oxygens (including phenoxy) is 1. The summed E-state index contributed by atoms with van der Waals surface area (Å²) in [5, 5.41) is 3.25. The largest absolute Gasteiger partial charge is 0.444 e. The summed E-state index contributed by atoms with van der Waals surface area (Å²) in [6.07, 6.45) is 3.50. The maximum Gasteiger partial charge on any atom is 0.410 e. The van der Waals surface area contributed by atoms with E-state index >= 15 is 0 Å². The molecule has 1 N–H and O–H groups in total. The molecule has 8 heteroatoms. The Morgan fingerprint density at radius 3 is 2.96 bits per heavy atom. The summed E-state index contributed by atoms with van der Waals surface area (Å²) in [5.74, 6) is -0.0718. The van der Waals surface area contributed by atoms with Crippen LogP contribution in [0.4, 0.5) is 9.59 Å². The van der Waals surface area contributed by atoms with E-state index in [0.717, 1.165) is 0 Å². The van der Waals surface area contributed by atoms with Gasteiger partial charge in [0, 0.05) is 25.2 Å². The van der Waals surface area contributed by atoms with Crippen LogP contribution in [0.3, 0.4) is 0 Å². The van der Waals surface area contributed by atoms with Crippen LogP contribution in [0.2, 0.25) is 0 Å². The zero-order valence-corrected chi connectivity index (χ0v) is 14.1. The topological polar surface area (TPSA) is 83.4 Å². The minimum atomic E-state index is -0.924. The molecule has 0 spiro atoms. The zero-order valence-electron chi connectivity index (χ0n) is 13.3. The Kier molecular flexibility index (Phi) is 3.71. The molecule has 0 bridgehead atoms. The average Bonchev–Trinajstić information content (AvgIpc) is 3.00. The molecule has 0 aromatic heterocycles. The van der Waals surface area contributed by atoms with Gasteiger partial charge in [-0.2, -0.15) is 4.99 Å². The number of carbonyl (C=O) groups excluding carboxylic acids is 2. The van der Waals surface area contributed by atoms with E-state index in [2.05, 4.69) is 15.3 Å². The summed E-state index contributed by atoms with van der Waals surface area (Å²) in [4.78, 5) is 34.0. The minimum absolute atomic E-state index is 0.0718. The molecule has 3 aliphatic rings. The molecule has 0 saturated carbocycles. The number of fused-ring (bicyclic) bond motifs is 1. The highest BCUT2D eigenvalue weighted by Gasteiger charge is 2.51. The highest BCUT2D eigenvalue weighted by molar-refractivity contribution is 6.42. The number of allylic oxidation sites excluding steroid dienone is 1. The van der Waals surface area contributed by atoms with Crippen molar-refractivity contribution in [2.45, 2.75) is 38.5 Å². The van der Waals surface area contributed by atoms with Crippen LogP contribution in [0.5, 0.6) is 0 Å². The van der Waals surface area contributed by atoms with Crippen molar-refractivity contribution in [2.24, 2.45) is 15.9 Å². The minimum Gasteiger partial charge on any atom is -0.444 e. The Labute approximate surface area is 139 Å². The molecule has 0 aromatic carbocycles. The number of likely N-dealkylation sites (tertiary alicyclic amines) is 1. The monoisotopic (exact) mass is 338 g/mol. The molecule has 1 fully saturated rings. The van der Waals surface area contributed by atoms with Crippen molar-refractivity contribution in [3.05, 3.63) is 11.1 Å². The lowest BCUT2D eigenvalue weighted by molar-refractivity contribution is 0.0284. The molecule has 2 atom stereocenters. The fourth-order valence-electron chi connectivity index (χ4n) is 3.03. The van der Waals surface area contributed by atoms with Crippen molar-refractivity contribution >= 4 is 35.7 Å². The van der Waals surface area contributed by atoms with Crippen LogP contribution in [-0.2, 0) is 4.74 Å². The standard InChI is InChI=1S/C15H19ClN4O3/c1-14(2,3)23-13(22)20-5-4-9(8-20)15-11(18-12(21)19-15)6-10(16)7-17-15/h6-7,9H,4-5,8H2,1-3H3,(H,19,21)/t9-,15?/m0/s1. The number of carbonyl (C=O) groups is 2. The van der Waals surface area contributed by atoms with Crippen molar-refractivity contribution in [3.8, 4) is 0 Å². The van der Waals surface area contributed by atoms with Gasteiger partial charge in [0.15, 0.2) is 5.66 Å². The molecule has 0 radical (unpaired) electrons. The maximum atomic E-state index is 12.2. The van der Waals surface area contributed by atoms with Crippen LogP contribution in [0.15, 0.2) is 21.1 Å². The Morgan fingerprint density at radius 2 is 2.26 bits per heavy atom. The molecule has 1 unspecified atom stereocenters. The van der Waals surface area contributed by atoms with E-state index in [4.69, 9.17) is 16.3 Å². The van der Waals surface area contributed by atoms with Gasteiger partial charge >= 0.3 is 12.1 Å². The van der Waals surface area contributed by atoms with E-state index in [1.54, 1.807) is 11.0 Å². The number of urea groups is 1. The summed E-state index contributed by atoms with van der Waals surface area (Å²) in [7, 11) is 0. The first-order valence-corrected chi connectivity index (χ1v) is 7.89. The fraction of sp³-hybridized carbons (Fsp3) is 0.600. The Bertz CT molecular complexity index is 650. The third-order valence-corrected chi connectivity index (χ3v) is 4.21. The van der Waals surface area contributed by atoms with Crippen LogP contribution in [0.25, 0.3) is 0 Å². The van der Waals surface area contributed by atoms with Gasteiger partial charge in [-0.05, 0) is 33.3 Å². The Morgan fingerprint density at radius 1 is 1.52 bits per heavy atom. The normalized spacial score (nSPS) is 29.8. The molecule has 3 amide bonds. The molecular weight excluding hydrogens is 320 g/mol. The average molecular weight is 339 g/mol. The second-order valence-electron chi connectivity index (χ2n) is 6.89.